The highest BCUT2D eigenvalue weighted by Gasteiger charge is 2.15. The van der Waals surface area contributed by atoms with Crippen molar-refractivity contribution >= 4 is 6.09 Å². The normalized spacial score (nSPS) is 11.2. The maximum absolute atomic E-state index is 12.9. The van der Waals surface area contributed by atoms with Crippen LogP contribution in [-0.4, -0.2) is 11.7 Å². The summed E-state index contributed by atoms with van der Waals surface area (Å²) in [5.41, 5.74) is 6.37. The summed E-state index contributed by atoms with van der Waals surface area (Å²) in [6.07, 6.45) is -0.540. The van der Waals surface area contributed by atoms with Gasteiger partial charge in [0.2, 0.25) is 0 Å². The maximum atomic E-state index is 12.9. The molecule has 2 N–H and O–H groups in total. The van der Waals surface area contributed by atoms with Crippen molar-refractivity contribution in [3.8, 4) is 0 Å². The summed E-state index contributed by atoms with van der Waals surface area (Å²) in [6.45, 7) is 7.59. The predicted molar refractivity (Wildman–Crippen MR) is 67.3 cm³/mol. The van der Waals surface area contributed by atoms with Crippen LogP contribution in [0.5, 0.6) is 0 Å². The largest absolute Gasteiger partial charge is 0.443 e. The number of halogens is 1. The van der Waals surface area contributed by atoms with Crippen molar-refractivity contribution in [2.24, 2.45) is 0 Å². The first-order valence-corrected chi connectivity index (χ1v) is 5.75. The summed E-state index contributed by atoms with van der Waals surface area (Å²) in [7, 11) is 0. The Kier molecular flexibility index (Phi) is 4.67. The van der Waals surface area contributed by atoms with Crippen molar-refractivity contribution in [3.05, 3.63) is 35.1 Å². The third-order valence-corrected chi connectivity index (χ3v) is 2.17. The van der Waals surface area contributed by atoms with Crippen LogP contribution in [0.1, 0.15) is 31.9 Å². The van der Waals surface area contributed by atoms with E-state index >= 15 is 0 Å². The van der Waals surface area contributed by atoms with Crippen molar-refractivity contribution in [2.45, 2.75) is 39.8 Å². The van der Waals surface area contributed by atoms with E-state index < -0.39 is 11.7 Å². The number of benzene rings is 1. The molecule has 0 atom stereocenters. The Balaban J connectivity index is 2.40. The molecule has 5 heteroatoms. The molecule has 0 spiro atoms. The van der Waals surface area contributed by atoms with Crippen LogP contribution in [0.3, 0.4) is 0 Å². The van der Waals surface area contributed by atoms with Crippen LogP contribution in [0.15, 0.2) is 18.2 Å². The topological polar surface area (TPSA) is 50.4 Å². The third kappa shape index (κ3) is 5.14. The number of hydrogen-bond acceptors (Lipinski definition) is 3. The predicted octanol–water partition coefficient (Wildman–Crippen LogP) is 2.66. The third-order valence-electron chi connectivity index (χ3n) is 2.17. The maximum Gasteiger partial charge on any atom is 0.422 e. The SMILES string of the molecule is Cc1cc(F)ccc1CNNC(=O)OC(C)(C)C. The number of amides is 1. The van der Waals surface area contributed by atoms with Gasteiger partial charge in [0.15, 0.2) is 0 Å². The summed E-state index contributed by atoms with van der Waals surface area (Å²) in [5.74, 6) is -0.267. The van der Waals surface area contributed by atoms with Gasteiger partial charge in [0.05, 0.1) is 0 Å². The van der Waals surface area contributed by atoms with E-state index in [0.29, 0.717) is 6.54 Å². The van der Waals surface area contributed by atoms with Crippen molar-refractivity contribution in [2.75, 3.05) is 0 Å². The Morgan fingerprint density at radius 1 is 1.39 bits per heavy atom. The molecule has 0 saturated heterocycles. The van der Waals surface area contributed by atoms with Crippen LogP contribution in [0, 0.1) is 12.7 Å². The van der Waals surface area contributed by atoms with Gasteiger partial charge in [-0.2, -0.15) is 0 Å². The Hall–Kier alpha value is -1.62. The Morgan fingerprint density at radius 3 is 2.61 bits per heavy atom. The first kappa shape index (κ1) is 14.4. The molecule has 0 unspecified atom stereocenters. The van der Waals surface area contributed by atoms with Crippen molar-refractivity contribution in [3.63, 3.8) is 0 Å². The van der Waals surface area contributed by atoms with Gasteiger partial charge in [-0.25, -0.2) is 14.6 Å². The van der Waals surface area contributed by atoms with E-state index in [4.69, 9.17) is 4.74 Å². The van der Waals surface area contributed by atoms with E-state index in [1.54, 1.807) is 26.8 Å². The van der Waals surface area contributed by atoms with Crippen LogP contribution in [0.2, 0.25) is 0 Å². The number of carbonyl (C=O) groups is 1. The standard InChI is InChI=1S/C13H19FN2O2/c1-9-7-11(14)6-5-10(9)8-15-16-12(17)18-13(2,3)4/h5-7,15H,8H2,1-4H3,(H,16,17). The molecule has 0 aliphatic heterocycles. The summed E-state index contributed by atoms with van der Waals surface area (Å²) < 4.78 is 17.9. The highest BCUT2D eigenvalue weighted by atomic mass is 19.1. The average molecular weight is 254 g/mol. The van der Waals surface area contributed by atoms with E-state index in [2.05, 4.69) is 10.9 Å². The highest BCUT2D eigenvalue weighted by Crippen LogP contribution is 2.09. The second-order valence-electron chi connectivity index (χ2n) is 5.05. The van der Waals surface area contributed by atoms with Crippen molar-refractivity contribution in [1.82, 2.24) is 10.9 Å². The number of nitrogens with one attached hydrogen (secondary N) is 2. The van der Waals surface area contributed by atoms with Gasteiger partial charge < -0.3 is 4.74 Å². The molecule has 1 aromatic rings. The monoisotopic (exact) mass is 254 g/mol. The fourth-order valence-electron chi connectivity index (χ4n) is 1.37. The van der Waals surface area contributed by atoms with E-state index in [9.17, 15) is 9.18 Å². The molecular weight excluding hydrogens is 235 g/mol. The minimum Gasteiger partial charge on any atom is -0.443 e. The van der Waals surface area contributed by atoms with Gasteiger partial charge in [-0.15, -0.1) is 0 Å². The molecule has 0 fully saturated rings. The lowest BCUT2D eigenvalue weighted by atomic mass is 10.1. The molecule has 4 nitrogen and oxygen atoms in total. The quantitative estimate of drug-likeness (QED) is 0.815. The van der Waals surface area contributed by atoms with Gasteiger partial charge in [0.25, 0.3) is 0 Å². The second-order valence-corrected chi connectivity index (χ2v) is 5.05. The number of carbonyl (C=O) groups excluding carboxylic acids is 1. The molecule has 1 rings (SSSR count). The summed E-state index contributed by atoms with van der Waals surface area (Å²) in [6, 6.07) is 4.51. The highest BCUT2D eigenvalue weighted by molar-refractivity contribution is 5.66. The zero-order valence-electron chi connectivity index (χ0n) is 11.1. The molecule has 0 aliphatic carbocycles. The minimum atomic E-state index is -0.540. The molecule has 0 heterocycles. The number of hydrogen-bond donors (Lipinski definition) is 2. The van der Waals surface area contributed by atoms with Crippen LogP contribution in [-0.2, 0) is 11.3 Å². The first-order chi connectivity index (χ1) is 8.28. The van der Waals surface area contributed by atoms with Gasteiger partial charge in [-0.05, 0) is 51.0 Å². The molecular formula is C13H19FN2O2. The number of aryl methyl sites for hydroxylation is 1. The van der Waals surface area contributed by atoms with Gasteiger partial charge in [-0.3, -0.25) is 5.43 Å². The molecule has 1 amide bonds. The van der Waals surface area contributed by atoms with E-state index in [-0.39, 0.29) is 5.82 Å². The van der Waals surface area contributed by atoms with Gasteiger partial charge in [0, 0.05) is 6.54 Å². The molecule has 0 radical (unpaired) electrons. The number of ether oxygens (including phenoxy) is 1. The molecule has 1 aromatic carbocycles. The summed E-state index contributed by atoms with van der Waals surface area (Å²) >= 11 is 0. The fourth-order valence-corrected chi connectivity index (χ4v) is 1.37. The lowest BCUT2D eigenvalue weighted by Crippen LogP contribution is -2.40. The van der Waals surface area contributed by atoms with E-state index in [1.807, 2.05) is 6.92 Å². The van der Waals surface area contributed by atoms with Gasteiger partial charge in [-0.1, -0.05) is 6.07 Å². The Morgan fingerprint density at radius 2 is 2.06 bits per heavy atom. The Bertz CT molecular complexity index is 427. The summed E-state index contributed by atoms with van der Waals surface area (Å²) in [5, 5.41) is 0. The average Bonchev–Trinajstić information content (AvgIpc) is 2.18. The lowest BCUT2D eigenvalue weighted by Gasteiger charge is -2.20. The zero-order chi connectivity index (χ0) is 13.8. The zero-order valence-corrected chi connectivity index (χ0v) is 11.1. The fraction of sp³-hybridized carbons (Fsp3) is 0.462. The van der Waals surface area contributed by atoms with E-state index in [0.717, 1.165) is 11.1 Å². The van der Waals surface area contributed by atoms with Crippen molar-refractivity contribution < 1.29 is 13.9 Å². The van der Waals surface area contributed by atoms with Gasteiger partial charge >= 0.3 is 6.09 Å². The molecule has 0 bridgehead atoms. The molecule has 0 aromatic heterocycles. The minimum absolute atomic E-state index is 0.267. The van der Waals surface area contributed by atoms with Crippen LogP contribution in [0.25, 0.3) is 0 Å². The van der Waals surface area contributed by atoms with Crippen LogP contribution in [0.4, 0.5) is 9.18 Å². The molecule has 0 saturated carbocycles. The number of hydrazine groups is 1. The number of rotatable bonds is 3. The van der Waals surface area contributed by atoms with Crippen LogP contribution >= 0.6 is 0 Å². The van der Waals surface area contributed by atoms with Crippen LogP contribution < -0.4 is 10.9 Å². The molecule has 18 heavy (non-hydrogen) atoms. The van der Waals surface area contributed by atoms with Gasteiger partial charge in [0.1, 0.15) is 11.4 Å². The summed E-state index contributed by atoms with van der Waals surface area (Å²) in [4.78, 5) is 11.3. The first-order valence-electron chi connectivity index (χ1n) is 5.75. The second kappa shape index (κ2) is 5.82. The van der Waals surface area contributed by atoms with E-state index in [1.165, 1.54) is 12.1 Å². The van der Waals surface area contributed by atoms with Crippen molar-refractivity contribution in [1.29, 1.82) is 0 Å². The molecule has 0 aliphatic rings. The molecule has 100 valence electrons. The smallest absolute Gasteiger partial charge is 0.422 e. The Labute approximate surface area is 106 Å². The lowest BCUT2D eigenvalue weighted by molar-refractivity contribution is 0.0497.